The van der Waals surface area contributed by atoms with Crippen molar-refractivity contribution in [3.8, 4) is 0 Å². The fourth-order valence-electron chi connectivity index (χ4n) is 3.02. The number of nitro groups is 1. The summed E-state index contributed by atoms with van der Waals surface area (Å²) in [6.45, 7) is 9.05. The van der Waals surface area contributed by atoms with Gasteiger partial charge in [-0.25, -0.2) is 9.79 Å². The molecular formula is C20H25F6N3O4S. The molecule has 1 aliphatic rings. The van der Waals surface area contributed by atoms with Crippen LogP contribution in [0.3, 0.4) is 0 Å². The van der Waals surface area contributed by atoms with Crippen molar-refractivity contribution in [3.63, 3.8) is 0 Å². The Hall–Kier alpha value is -2.51. The fourth-order valence-corrected chi connectivity index (χ4v) is 4.23. The number of hydrogen-bond acceptors (Lipinski definition) is 5. The number of nitro benzene ring substituents is 1. The molecule has 0 aliphatic carbocycles. The Labute approximate surface area is 196 Å². The van der Waals surface area contributed by atoms with Crippen LogP contribution in [0.15, 0.2) is 23.2 Å². The number of aliphatic imine (C=N–C) groups is 1. The van der Waals surface area contributed by atoms with Gasteiger partial charge in [-0.05, 0) is 24.3 Å². The van der Waals surface area contributed by atoms with Crippen LogP contribution in [0.2, 0.25) is 0 Å². The molecule has 1 saturated heterocycles. The minimum atomic E-state index is -5.08. The van der Waals surface area contributed by atoms with Crippen molar-refractivity contribution in [3.05, 3.63) is 33.9 Å². The van der Waals surface area contributed by atoms with E-state index in [0.29, 0.717) is 29.6 Å². The van der Waals surface area contributed by atoms with Crippen LogP contribution in [-0.2, 0) is 11.0 Å². The molecule has 1 heterocycles. The summed E-state index contributed by atoms with van der Waals surface area (Å²) in [5.74, 6) is -1.18. The predicted molar refractivity (Wildman–Crippen MR) is 116 cm³/mol. The minimum absolute atomic E-state index is 0.225. The number of hydrogen-bond donors (Lipinski definition) is 1. The Morgan fingerprint density at radius 1 is 1.21 bits per heavy atom. The van der Waals surface area contributed by atoms with Gasteiger partial charge in [0.05, 0.1) is 16.2 Å². The van der Waals surface area contributed by atoms with Gasteiger partial charge in [-0.2, -0.15) is 26.3 Å². The molecule has 0 saturated carbocycles. The molecule has 192 valence electrons. The highest BCUT2D eigenvalue weighted by Crippen LogP contribution is 2.40. The maximum Gasteiger partial charge on any atom is 0.490 e. The SMILES string of the molecule is CC(C)C[C@H]1CS/C(=N\c2ccc([N+](=O)[O-])cc2C(F)(F)F)N1CC(C)C.O=C(O)C(F)(F)F. The second-order valence-electron chi connectivity index (χ2n) is 8.29. The number of carbonyl (C=O) groups is 1. The van der Waals surface area contributed by atoms with Crippen molar-refractivity contribution in [1.29, 1.82) is 0 Å². The lowest BCUT2D eigenvalue weighted by Crippen LogP contribution is -2.37. The molecule has 1 atom stereocenters. The molecule has 1 aromatic carbocycles. The standard InChI is InChI=1S/C18H24F3N3O2S.C2HF3O2/c1-11(2)7-14-10-27-17(23(14)9-12(3)4)22-16-6-5-13(24(25)26)8-15(16)18(19,20)21;3-2(4,5)1(6)7/h5-6,8,11-12,14H,7,9-10H2,1-4H3;(H,6,7)/b22-17-;/t14-;/m0./s1. The van der Waals surface area contributed by atoms with E-state index >= 15 is 0 Å². The first-order chi connectivity index (χ1) is 15.4. The Kier molecular flexibility index (Phi) is 10.2. The van der Waals surface area contributed by atoms with Crippen molar-refractivity contribution < 1.29 is 41.2 Å². The third-order valence-corrected chi connectivity index (χ3v) is 5.49. The molecule has 0 amide bonds. The molecule has 14 heteroatoms. The topological polar surface area (TPSA) is 96.0 Å². The van der Waals surface area contributed by atoms with Crippen LogP contribution in [0, 0.1) is 22.0 Å². The number of rotatable bonds is 6. The summed E-state index contributed by atoms with van der Waals surface area (Å²) in [5.41, 5.74) is -1.96. The van der Waals surface area contributed by atoms with E-state index in [9.17, 15) is 36.5 Å². The Morgan fingerprint density at radius 3 is 2.18 bits per heavy atom. The second kappa shape index (κ2) is 11.8. The number of alkyl halides is 6. The maximum atomic E-state index is 13.4. The summed E-state index contributed by atoms with van der Waals surface area (Å²) < 4.78 is 72.0. The van der Waals surface area contributed by atoms with Gasteiger partial charge >= 0.3 is 18.3 Å². The molecule has 2 rings (SSSR count). The van der Waals surface area contributed by atoms with Crippen molar-refractivity contribution >= 4 is 34.3 Å². The first kappa shape index (κ1) is 29.5. The Bertz CT molecular complexity index is 903. The number of carboxylic acid groups (broad SMARTS) is 1. The quantitative estimate of drug-likeness (QED) is 0.268. The number of benzene rings is 1. The highest BCUT2D eigenvalue weighted by atomic mass is 32.2. The number of non-ortho nitro benzene ring substituents is 1. The van der Waals surface area contributed by atoms with Gasteiger partial charge in [0.2, 0.25) is 0 Å². The van der Waals surface area contributed by atoms with Crippen molar-refractivity contribution in [1.82, 2.24) is 4.90 Å². The van der Waals surface area contributed by atoms with Gasteiger partial charge in [0.25, 0.3) is 5.69 Å². The Balaban J connectivity index is 0.000000718. The number of thioether (sulfide) groups is 1. The number of halogens is 6. The summed E-state index contributed by atoms with van der Waals surface area (Å²) in [5, 5.41) is 18.5. The van der Waals surface area contributed by atoms with Gasteiger partial charge in [0.15, 0.2) is 5.17 Å². The fraction of sp³-hybridized carbons (Fsp3) is 0.600. The first-order valence-electron chi connectivity index (χ1n) is 10.1. The number of carboxylic acids is 1. The minimum Gasteiger partial charge on any atom is -0.475 e. The smallest absolute Gasteiger partial charge is 0.475 e. The van der Waals surface area contributed by atoms with Crippen LogP contribution in [0.1, 0.15) is 39.7 Å². The molecule has 34 heavy (non-hydrogen) atoms. The van der Waals surface area contributed by atoms with E-state index < -0.39 is 34.5 Å². The average Bonchev–Trinajstić information content (AvgIpc) is 3.00. The molecule has 0 unspecified atom stereocenters. The lowest BCUT2D eigenvalue weighted by molar-refractivity contribution is -0.385. The molecule has 1 aliphatic heterocycles. The molecule has 1 N–H and O–H groups in total. The maximum absolute atomic E-state index is 13.4. The van der Waals surface area contributed by atoms with E-state index in [1.807, 2.05) is 0 Å². The molecule has 1 fully saturated rings. The third kappa shape index (κ3) is 9.03. The van der Waals surface area contributed by atoms with E-state index in [1.54, 1.807) is 0 Å². The second-order valence-corrected chi connectivity index (χ2v) is 9.28. The van der Waals surface area contributed by atoms with E-state index in [-0.39, 0.29) is 11.7 Å². The zero-order valence-corrected chi connectivity index (χ0v) is 19.6. The number of nitrogens with zero attached hydrogens (tertiary/aromatic N) is 3. The molecule has 1 aromatic rings. The van der Waals surface area contributed by atoms with Crippen LogP contribution in [0.5, 0.6) is 0 Å². The normalized spacial score (nSPS) is 17.8. The average molecular weight is 517 g/mol. The highest BCUT2D eigenvalue weighted by molar-refractivity contribution is 8.14. The lowest BCUT2D eigenvalue weighted by atomic mass is 10.0. The summed E-state index contributed by atoms with van der Waals surface area (Å²) in [6, 6.07) is 2.92. The van der Waals surface area contributed by atoms with Gasteiger partial charge in [-0.15, -0.1) is 0 Å². The molecule has 0 bridgehead atoms. The first-order valence-corrected chi connectivity index (χ1v) is 11.1. The Morgan fingerprint density at radius 2 is 1.76 bits per heavy atom. The molecule has 7 nitrogen and oxygen atoms in total. The molecular weight excluding hydrogens is 492 g/mol. The van der Waals surface area contributed by atoms with Crippen molar-refractivity contribution in [2.75, 3.05) is 12.3 Å². The van der Waals surface area contributed by atoms with E-state index in [4.69, 9.17) is 9.90 Å². The van der Waals surface area contributed by atoms with E-state index in [2.05, 4.69) is 37.6 Å². The van der Waals surface area contributed by atoms with Gasteiger partial charge < -0.3 is 10.0 Å². The number of amidine groups is 1. The molecule has 0 radical (unpaired) electrons. The van der Waals surface area contributed by atoms with Gasteiger partial charge in [0, 0.05) is 30.5 Å². The van der Waals surface area contributed by atoms with E-state index in [0.717, 1.165) is 24.3 Å². The van der Waals surface area contributed by atoms with Crippen LogP contribution in [-0.4, -0.2) is 50.6 Å². The van der Waals surface area contributed by atoms with Crippen LogP contribution in [0.25, 0.3) is 0 Å². The van der Waals surface area contributed by atoms with Gasteiger partial charge in [-0.3, -0.25) is 10.1 Å². The molecule has 0 aromatic heterocycles. The van der Waals surface area contributed by atoms with Crippen LogP contribution < -0.4 is 0 Å². The summed E-state index contributed by atoms with van der Waals surface area (Å²) in [7, 11) is 0. The van der Waals surface area contributed by atoms with Gasteiger partial charge in [-0.1, -0.05) is 39.5 Å². The predicted octanol–water partition coefficient (Wildman–Crippen LogP) is 6.35. The summed E-state index contributed by atoms with van der Waals surface area (Å²) in [4.78, 5) is 25.3. The van der Waals surface area contributed by atoms with E-state index in [1.165, 1.54) is 11.8 Å². The zero-order chi connectivity index (χ0) is 26.4. The van der Waals surface area contributed by atoms with Crippen molar-refractivity contribution in [2.24, 2.45) is 16.8 Å². The molecule has 0 spiro atoms. The summed E-state index contributed by atoms with van der Waals surface area (Å²) in [6.07, 6.45) is -8.86. The monoisotopic (exact) mass is 517 g/mol. The highest BCUT2D eigenvalue weighted by Gasteiger charge is 2.38. The van der Waals surface area contributed by atoms with Crippen LogP contribution >= 0.6 is 11.8 Å². The zero-order valence-electron chi connectivity index (χ0n) is 18.8. The van der Waals surface area contributed by atoms with Gasteiger partial charge in [0.1, 0.15) is 0 Å². The van der Waals surface area contributed by atoms with Crippen molar-refractivity contribution in [2.45, 2.75) is 52.5 Å². The van der Waals surface area contributed by atoms with Crippen LogP contribution in [0.4, 0.5) is 37.7 Å². The summed E-state index contributed by atoms with van der Waals surface area (Å²) >= 11 is 1.44. The number of aliphatic carboxylic acids is 1. The third-order valence-electron chi connectivity index (χ3n) is 4.35. The lowest BCUT2D eigenvalue weighted by Gasteiger charge is -2.29. The largest absolute Gasteiger partial charge is 0.490 e.